The summed E-state index contributed by atoms with van der Waals surface area (Å²) in [6.07, 6.45) is 5.44. The van der Waals surface area contributed by atoms with E-state index in [1.807, 2.05) is 13.1 Å². The molecule has 0 bridgehead atoms. The molecule has 2 heterocycles. The molecule has 4 heteroatoms. The van der Waals surface area contributed by atoms with Gasteiger partial charge in [-0.3, -0.25) is 0 Å². The van der Waals surface area contributed by atoms with Crippen molar-refractivity contribution in [3.05, 3.63) is 45.4 Å². The molecule has 2 rings (SSSR count). The van der Waals surface area contributed by atoms with Crippen LogP contribution in [-0.4, -0.2) is 11.6 Å². The van der Waals surface area contributed by atoms with Crippen molar-refractivity contribution < 1.29 is 0 Å². The summed E-state index contributed by atoms with van der Waals surface area (Å²) in [6.45, 7) is 3.09. The Hall–Kier alpha value is -0.770. The minimum atomic E-state index is 0.447. The SMILES string of the molecule is CCC(NC)c1ccn(Cc2ccc(Cl)s2)c1. The van der Waals surface area contributed by atoms with Crippen molar-refractivity contribution >= 4 is 22.9 Å². The summed E-state index contributed by atoms with van der Waals surface area (Å²) in [7, 11) is 2.00. The summed E-state index contributed by atoms with van der Waals surface area (Å²) in [5, 5.41) is 3.32. The minimum absolute atomic E-state index is 0.447. The summed E-state index contributed by atoms with van der Waals surface area (Å²) < 4.78 is 3.06. The standard InChI is InChI=1S/C13H17ClN2S/c1-3-12(15-2)10-6-7-16(8-10)9-11-4-5-13(14)17-11/h4-8,12,15H,3,9H2,1-2H3. The van der Waals surface area contributed by atoms with E-state index < -0.39 is 0 Å². The number of hydrogen-bond acceptors (Lipinski definition) is 2. The Morgan fingerprint density at radius 3 is 2.82 bits per heavy atom. The first-order valence-corrected chi connectivity index (χ1v) is 6.99. The molecule has 2 aromatic heterocycles. The predicted molar refractivity (Wildman–Crippen MR) is 75.0 cm³/mol. The van der Waals surface area contributed by atoms with E-state index in [9.17, 15) is 0 Å². The maximum absolute atomic E-state index is 5.93. The topological polar surface area (TPSA) is 17.0 Å². The molecule has 1 unspecified atom stereocenters. The van der Waals surface area contributed by atoms with Crippen LogP contribution in [0.4, 0.5) is 0 Å². The van der Waals surface area contributed by atoms with Gasteiger partial charge in [0.25, 0.3) is 0 Å². The third kappa shape index (κ3) is 3.12. The minimum Gasteiger partial charge on any atom is -0.349 e. The Morgan fingerprint density at radius 2 is 2.24 bits per heavy atom. The largest absolute Gasteiger partial charge is 0.349 e. The molecule has 0 radical (unpaired) electrons. The lowest BCUT2D eigenvalue weighted by atomic mass is 10.1. The molecule has 0 saturated carbocycles. The third-order valence-corrected chi connectivity index (χ3v) is 4.12. The highest BCUT2D eigenvalue weighted by Crippen LogP contribution is 2.23. The summed E-state index contributed by atoms with van der Waals surface area (Å²) in [5.74, 6) is 0. The first kappa shape index (κ1) is 12.7. The second-order valence-electron chi connectivity index (χ2n) is 4.07. The van der Waals surface area contributed by atoms with Crippen LogP contribution in [0.1, 0.15) is 29.8 Å². The van der Waals surface area contributed by atoms with Crippen LogP contribution in [0, 0.1) is 0 Å². The van der Waals surface area contributed by atoms with Gasteiger partial charge in [0.15, 0.2) is 0 Å². The van der Waals surface area contributed by atoms with Gasteiger partial charge in [0, 0.05) is 23.3 Å². The van der Waals surface area contributed by atoms with Gasteiger partial charge in [-0.25, -0.2) is 0 Å². The summed E-state index contributed by atoms with van der Waals surface area (Å²) in [6, 6.07) is 6.67. The highest BCUT2D eigenvalue weighted by molar-refractivity contribution is 7.16. The van der Waals surface area contributed by atoms with Crippen molar-refractivity contribution in [2.45, 2.75) is 25.9 Å². The van der Waals surface area contributed by atoms with Crippen LogP contribution in [0.2, 0.25) is 4.34 Å². The molecule has 0 aromatic carbocycles. The van der Waals surface area contributed by atoms with E-state index in [2.05, 4.69) is 41.3 Å². The van der Waals surface area contributed by atoms with Crippen molar-refractivity contribution in [2.24, 2.45) is 0 Å². The first-order valence-electron chi connectivity index (χ1n) is 5.80. The molecule has 1 atom stereocenters. The van der Waals surface area contributed by atoms with E-state index in [0.717, 1.165) is 17.3 Å². The first-order chi connectivity index (χ1) is 8.22. The smallest absolute Gasteiger partial charge is 0.0931 e. The monoisotopic (exact) mass is 268 g/mol. The maximum atomic E-state index is 5.93. The van der Waals surface area contributed by atoms with E-state index in [0.29, 0.717) is 6.04 Å². The molecular formula is C13H17ClN2S. The Bertz CT molecular complexity index is 471. The van der Waals surface area contributed by atoms with E-state index in [1.54, 1.807) is 11.3 Å². The molecule has 0 amide bonds. The highest BCUT2D eigenvalue weighted by atomic mass is 35.5. The van der Waals surface area contributed by atoms with Gasteiger partial charge in [-0.15, -0.1) is 11.3 Å². The Morgan fingerprint density at radius 1 is 1.41 bits per heavy atom. The number of thiophene rings is 1. The number of nitrogens with one attached hydrogen (secondary N) is 1. The second-order valence-corrected chi connectivity index (χ2v) is 5.87. The average Bonchev–Trinajstić information content (AvgIpc) is 2.91. The van der Waals surface area contributed by atoms with Crippen molar-refractivity contribution in [1.82, 2.24) is 9.88 Å². The van der Waals surface area contributed by atoms with Crippen LogP contribution in [0.15, 0.2) is 30.6 Å². The lowest BCUT2D eigenvalue weighted by molar-refractivity contribution is 0.575. The van der Waals surface area contributed by atoms with Crippen molar-refractivity contribution in [1.29, 1.82) is 0 Å². The van der Waals surface area contributed by atoms with Crippen LogP contribution in [-0.2, 0) is 6.54 Å². The Kier molecular flexibility index (Phi) is 4.26. The average molecular weight is 269 g/mol. The lowest BCUT2D eigenvalue weighted by Crippen LogP contribution is -2.14. The van der Waals surface area contributed by atoms with Crippen molar-refractivity contribution in [2.75, 3.05) is 7.05 Å². The number of rotatable bonds is 5. The van der Waals surface area contributed by atoms with Crippen LogP contribution in [0.3, 0.4) is 0 Å². The lowest BCUT2D eigenvalue weighted by Gasteiger charge is -2.11. The fourth-order valence-corrected chi connectivity index (χ4v) is 3.08. The van der Waals surface area contributed by atoms with Gasteiger partial charge in [0.05, 0.1) is 10.9 Å². The zero-order chi connectivity index (χ0) is 12.3. The van der Waals surface area contributed by atoms with Crippen LogP contribution in [0.25, 0.3) is 0 Å². The number of halogens is 1. The van der Waals surface area contributed by atoms with Gasteiger partial charge >= 0.3 is 0 Å². The quantitative estimate of drug-likeness (QED) is 0.870. The zero-order valence-corrected chi connectivity index (χ0v) is 11.7. The molecule has 17 heavy (non-hydrogen) atoms. The molecule has 0 aliphatic carbocycles. The number of nitrogens with zero attached hydrogens (tertiary/aromatic N) is 1. The molecule has 0 fully saturated rings. The highest BCUT2D eigenvalue weighted by Gasteiger charge is 2.08. The van der Waals surface area contributed by atoms with Gasteiger partial charge < -0.3 is 9.88 Å². The third-order valence-electron chi connectivity index (χ3n) is 2.90. The molecule has 0 aliphatic rings. The molecule has 0 aliphatic heterocycles. The number of aromatic nitrogens is 1. The molecule has 2 aromatic rings. The Labute approximate surface area is 111 Å². The van der Waals surface area contributed by atoms with Gasteiger partial charge in [0.2, 0.25) is 0 Å². The second kappa shape index (κ2) is 5.71. The summed E-state index contributed by atoms with van der Waals surface area (Å²) >= 11 is 7.57. The summed E-state index contributed by atoms with van der Waals surface area (Å²) in [5.41, 5.74) is 1.35. The molecule has 0 saturated heterocycles. The normalized spacial score (nSPS) is 12.9. The summed E-state index contributed by atoms with van der Waals surface area (Å²) in [4.78, 5) is 1.29. The zero-order valence-electron chi connectivity index (χ0n) is 10.1. The fourth-order valence-electron chi connectivity index (χ4n) is 1.99. The number of hydrogen-bond donors (Lipinski definition) is 1. The predicted octanol–water partition coefficient (Wildman–Crippen LogP) is 3.92. The van der Waals surface area contributed by atoms with Gasteiger partial charge in [0.1, 0.15) is 0 Å². The maximum Gasteiger partial charge on any atom is 0.0931 e. The van der Waals surface area contributed by atoms with Crippen LogP contribution < -0.4 is 5.32 Å². The van der Waals surface area contributed by atoms with Crippen LogP contribution >= 0.6 is 22.9 Å². The molecular weight excluding hydrogens is 252 g/mol. The van der Waals surface area contributed by atoms with E-state index in [1.165, 1.54) is 10.4 Å². The fraction of sp³-hybridized carbons (Fsp3) is 0.385. The van der Waals surface area contributed by atoms with Gasteiger partial charge in [-0.2, -0.15) is 0 Å². The Balaban J connectivity index is 2.08. The van der Waals surface area contributed by atoms with E-state index >= 15 is 0 Å². The van der Waals surface area contributed by atoms with E-state index in [-0.39, 0.29) is 0 Å². The van der Waals surface area contributed by atoms with Crippen molar-refractivity contribution in [3.63, 3.8) is 0 Å². The van der Waals surface area contributed by atoms with Gasteiger partial charge in [-0.1, -0.05) is 18.5 Å². The molecule has 0 spiro atoms. The van der Waals surface area contributed by atoms with E-state index in [4.69, 9.17) is 11.6 Å². The van der Waals surface area contributed by atoms with Gasteiger partial charge in [-0.05, 0) is 37.2 Å². The molecule has 1 N–H and O–H groups in total. The van der Waals surface area contributed by atoms with Crippen LogP contribution in [0.5, 0.6) is 0 Å². The molecule has 92 valence electrons. The molecule has 2 nitrogen and oxygen atoms in total. The van der Waals surface area contributed by atoms with Crippen molar-refractivity contribution in [3.8, 4) is 0 Å².